The molecule has 0 saturated carbocycles. The molecule has 216 valence electrons. The number of hydrogen-bond acceptors (Lipinski definition) is 1. The van der Waals surface area contributed by atoms with Crippen molar-refractivity contribution in [3.8, 4) is 27.9 Å². The highest BCUT2D eigenvalue weighted by Gasteiger charge is 2.50. The van der Waals surface area contributed by atoms with Gasteiger partial charge in [0.05, 0.1) is 16.4 Å². The van der Waals surface area contributed by atoms with Gasteiger partial charge in [0.15, 0.2) is 0 Å². The van der Waals surface area contributed by atoms with Gasteiger partial charge in [-0.3, -0.25) is 0 Å². The van der Waals surface area contributed by atoms with E-state index in [9.17, 15) is 0 Å². The Labute approximate surface area is 272 Å². The van der Waals surface area contributed by atoms with E-state index in [1.165, 1.54) is 87.4 Å². The van der Waals surface area contributed by atoms with E-state index >= 15 is 0 Å². The largest absolute Gasteiger partial charge is 0.309 e. The molecule has 1 aromatic heterocycles. The Hall–Kier alpha value is -5.31. The maximum atomic E-state index is 2.45. The first-order chi connectivity index (χ1) is 22.7. The van der Waals surface area contributed by atoms with Crippen molar-refractivity contribution < 1.29 is 0 Å². The molecule has 2 aliphatic rings. The van der Waals surface area contributed by atoms with Crippen LogP contribution < -0.4 is 0 Å². The first-order valence-corrected chi connectivity index (χ1v) is 16.8. The smallest absolute Gasteiger partial charge is 0.0735 e. The molecule has 1 spiro atoms. The van der Waals surface area contributed by atoms with E-state index in [0.717, 1.165) is 0 Å². The molecule has 0 bridgehead atoms. The van der Waals surface area contributed by atoms with E-state index in [1.54, 1.807) is 0 Å². The van der Waals surface area contributed by atoms with E-state index < -0.39 is 0 Å². The first kappa shape index (κ1) is 26.0. The van der Waals surface area contributed by atoms with Crippen molar-refractivity contribution in [3.05, 3.63) is 186 Å². The molecular weight excluding hydrogens is 575 g/mol. The molecule has 0 unspecified atom stereocenters. The van der Waals surface area contributed by atoms with Gasteiger partial charge in [0.1, 0.15) is 0 Å². The molecule has 0 radical (unpaired) electrons. The minimum Gasteiger partial charge on any atom is -0.309 e. The van der Waals surface area contributed by atoms with E-state index in [4.69, 9.17) is 0 Å². The number of benzene rings is 7. The van der Waals surface area contributed by atoms with Gasteiger partial charge >= 0.3 is 0 Å². The molecule has 0 saturated heterocycles. The number of aromatic nitrogens is 1. The average Bonchev–Trinajstić information content (AvgIpc) is 3.60. The average molecular weight is 604 g/mol. The van der Waals surface area contributed by atoms with Crippen molar-refractivity contribution >= 4 is 33.6 Å². The molecule has 8 aromatic rings. The maximum Gasteiger partial charge on any atom is 0.0735 e. The Balaban J connectivity index is 1.21. The van der Waals surface area contributed by atoms with Gasteiger partial charge < -0.3 is 4.57 Å². The predicted molar refractivity (Wildman–Crippen MR) is 192 cm³/mol. The van der Waals surface area contributed by atoms with Gasteiger partial charge in [0, 0.05) is 26.3 Å². The standard InChI is InChI=1S/C44H29NS/c1-28-26-35(29-22-24-30(25-23-29)45-40-19-9-4-14-33(40)34-15-5-10-20-41(34)45)43-39(27-28)44(38-18-8-11-21-42(38)46-43)36-16-6-2-12-31(36)32-13-3-7-17-37(32)44/h2-27H,1H3. The van der Waals surface area contributed by atoms with Crippen molar-refractivity contribution in [2.45, 2.75) is 22.1 Å². The zero-order valence-electron chi connectivity index (χ0n) is 25.4. The molecule has 2 heterocycles. The molecular formula is C44H29NS. The first-order valence-electron chi connectivity index (χ1n) is 15.9. The molecule has 0 amide bonds. The van der Waals surface area contributed by atoms with Crippen molar-refractivity contribution in [1.82, 2.24) is 4.57 Å². The lowest BCUT2D eigenvalue weighted by Crippen LogP contribution is -2.32. The van der Waals surface area contributed by atoms with Crippen molar-refractivity contribution in [3.63, 3.8) is 0 Å². The van der Waals surface area contributed by atoms with Gasteiger partial charge in [-0.15, -0.1) is 0 Å². The summed E-state index contributed by atoms with van der Waals surface area (Å²) in [5.41, 5.74) is 15.3. The second kappa shape index (κ2) is 9.59. The highest BCUT2D eigenvalue weighted by molar-refractivity contribution is 7.99. The minimum atomic E-state index is -0.367. The van der Waals surface area contributed by atoms with Crippen LogP contribution in [0.4, 0.5) is 0 Å². The van der Waals surface area contributed by atoms with E-state index in [0.29, 0.717) is 0 Å². The number of rotatable bonds is 2. The topological polar surface area (TPSA) is 4.93 Å². The Morgan fingerprint density at radius 3 is 1.67 bits per heavy atom. The summed E-state index contributed by atoms with van der Waals surface area (Å²) in [6.07, 6.45) is 0. The van der Waals surface area contributed by atoms with Crippen molar-refractivity contribution in [2.24, 2.45) is 0 Å². The Bertz CT molecular complexity index is 2420. The summed E-state index contributed by atoms with van der Waals surface area (Å²) in [4.78, 5) is 2.67. The molecule has 0 N–H and O–H groups in total. The van der Waals surface area contributed by atoms with Crippen LogP contribution in [0, 0.1) is 6.92 Å². The molecule has 0 fully saturated rings. The van der Waals surface area contributed by atoms with Crippen LogP contribution in [0.2, 0.25) is 0 Å². The maximum absolute atomic E-state index is 2.45. The minimum absolute atomic E-state index is 0.367. The predicted octanol–water partition coefficient (Wildman–Crippen LogP) is 11.6. The molecule has 46 heavy (non-hydrogen) atoms. The van der Waals surface area contributed by atoms with Crippen LogP contribution in [0.3, 0.4) is 0 Å². The fourth-order valence-corrected chi connectivity index (χ4v) is 9.61. The van der Waals surface area contributed by atoms with E-state index in [2.05, 4.69) is 169 Å². The third kappa shape index (κ3) is 3.37. The quantitative estimate of drug-likeness (QED) is 0.190. The molecule has 1 aliphatic heterocycles. The van der Waals surface area contributed by atoms with Crippen LogP contribution in [-0.2, 0) is 5.41 Å². The molecule has 10 rings (SSSR count). The fourth-order valence-electron chi connectivity index (χ4n) is 8.30. The monoisotopic (exact) mass is 603 g/mol. The van der Waals surface area contributed by atoms with Gasteiger partial charge in [0.2, 0.25) is 0 Å². The summed E-state index contributed by atoms with van der Waals surface area (Å²) in [5.74, 6) is 0. The summed E-state index contributed by atoms with van der Waals surface area (Å²) in [6.45, 7) is 2.25. The third-order valence-corrected chi connectivity index (χ3v) is 11.3. The summed E-state index contributed by atoms with van der Waals surface area (Å²) >= 11 is 1.92. The third-order valence-electron chi connectivity index (χ3n) is 10.1. The van der Waals surface area contributed by atoms with Gasteiger partial charge in [-0.25, -0.2) is 0 Å². The molecule has 2 heteroatoms. The van der Waals surface area contributed by atoms with Crippen LogP contribution in [0.5, 0.6) is 0 Å². The van der Waals surface area contributed by atoms with Crippen LogP contribution >= 0.6 is 11.8 Å². The zero-order chi connectivity index (χ0) is 30.4. The summed E-state index contributed by atoms with van der Waals surface area (Å²) < 4.78 is 2.40. The molecule has 7 aromatic carbocycles. The Kier molecular flexibility index (Phi) is 5.41. The number of fused-ring (bicyclic) bond motifs is 12. The lowest BCUT2D eigenvalue weighted by atomic mass is 9.66. The number of para-hydroxylation sites is 2. The second-order valence-corrected chi connectivity index (χ2v) is 13.6. The van der Waals surface area contributed by atoms with Crippen molar-refractivity contribution in [1.29, 1.82) is 0 Å². The Morgan fingerprint density at radius 1 is 0.478 bits per heavy atom. The highest BCUT2D eigenvalue weighted by Crippen LogP contribution is 2.63. The number of aryl methyl sites for hydroxylation is 1. The summed E-state index contributed by atoms with van der Waals surface area (Å²) in [7, 11) is 0. The SMILES string of the molecule is Cc1cc(-c2ccc(-n3c4ccccc4c4ccccc43)cc2)c2c(c1)C1(c3ccccc3S2)c2ccccc2-c2ccccc21. The molecule has 0 atom stereocenters. The highest BCUT2D eigenvalue weighted by atomic mass is 32.2. The normalized spacial score (nSPS) is 13.8. The molecule has 1 nitrogen and oxygen atoms in total. The summed E-state index contributed by atoms with van der Waals surface area (Å²) in [5, 5.41) is 2.57. The Morgan fingerprint density at radius 2 is 1.02 bits per heavy atom. The zero-order valence-corrected chi connectivity index (χ0v) is 26.2. The van der Waals surface area contributed by atoms with Crippen LogP contribution in [-0.4, -0.2) is 4.57 Å². The van der Waals surface area contributed by atoms with E-state index in [-0.39, 0.29) is 5.41 Å². The van der Waals surface area contributed by atoms with Gasteiger partial charge in [-0.1, -0.05) is 145 Å². The summed E-state index contributed by atoms with van der Waals surface area (Å²) in [6, 6.07) is 58.6. The number of nitrogens with zero attached hydrogens (tertiary/aromatic N) is 1. The fraction of sp³-hybridized carbons (Fsp3) is 0.0455. The van der Waals surface area contributed by atoms with Crippen LogP contribution in [0.25, 0.3) is 49.7 Å². The van der Waals surface area contributed by atoms with Gasteiger partial charge in [0.25, 0.3) is 0 Å². The van der Waals surface area contributed by atoms with Crippen LogP contribution in [0.1, 0.15) is 27.8 Å². The van der Waals surface area contributed by atoms with Gasteiger partial charge in [-0.2, -0.15) is 0 Å². The lowest BCUT2D eigenvalue weighted by Gasteiger charge is -2.40. The van der Waals surface area contributed by atoms with Crippen LogP contribution in [0.15, 0.2) is 168 Å². The van der Waals surface area contributed by atoms with Gasteiger partial charge in [-0.05, 0) is 81.8 Å². The number of hydrogen-bond donors (Lipinski definition) is 0. The van der Waals surface area contributed by atoms with E-state index in [1.807, 2.05) is 11.8 Å². The second-order valence-electron chi connectivity index (χ2n) is 12.5. The lowest BCUT2D eigenvalue weighted by molar-refractivity contribution is 0.722. The molecule has 1 aliphatic carbocycles. The van der Waals surface area contributed by atoms with Crippen molar-refractivity contribution in [2.75, 3.05) is 0 Å².